The number of aliphatic imine (C=N–C) groups is 1. The number of nitrogens with zero attached hydrogens (tertiary/aromatic N) is 6. The molecule has 4 aliphatic heterocycles. The van der Waals surface area contributed by atoms with Crippen LogP contribution in [0.5, 0.6) is 5.88 Å². The second kappa shape index (κ2) is 9.61. The summed E-state index contributed by atoms with van der Waals surface area (Å²) in [6, 6.07) is 0. The van der Waals surface area contributed by atoms with Gasteiger partial charge in [-0.15, -0.1) is 0 Å². The Bertz CT molecular complexity index is 1030. The fourth-order valence-corrected chi connectivity index (χ4v) is 4.91. The van der Waals surface area contributed by atoms with E-state index >= 15 is 0 Å². The minimum Gasteiger partial charge on any atom is -0.472 e. The number of ether oxygens (including phenoxy) is 2. The van der Waals surface area contributed by atoms with Gasteiger partial charge in [-0.3, -0.25) is 9.80 Å². The Morgan fingerprint density at radius 1 is 1.14 bits per heavy atom. The smallest absolute Gasteiger partial charge is 0.417 e. The number of carbonyl (C=O) groups excluding carboxylic acids is 1. The van der Waals surface area contributed by atoms with Crippen molar-refractivity contribution in [3.8, 4) is 5.88 Å². The summed E-state index contributed by atoms with van der Waals surface area (Å²) in [5.41, 5.74) is 6.14. The molecule has 35 heavy (non-hydrogen) atoms. The number of likely N-dealkylation sites (tertiary alicyclic amines) is 1. The molecular formula is C22H28F3N7O3. The Hall–Kier alpha value is -2.93. The van der Waals surface area contributed by atoms with Gasteiger partial charge >= 0.3 is 6.18 Å². The molecule has 4 aliphatic rings. The maximum absolute atomic E-state index is 13.3. The van der Waals surface area contributed by atoms with E-state index in [2.05, 4.69) is 15.0 Å². The Morgan fingerprint density at radius 2 is 1.94 bits per heavy atom. The molecule has 1 aromatic rings. The fraction of sp³-hybridized carbons (Fsp3) is 0.636. The monoisotopic (exact) mass is 495 g/mol. The molecule has 1 amide bonds. The lowest BCUT2D eigenvalue weighted by atomic mass is 9.99. The predicted molar refractivity (Wildman–Crippen MR) is 118 cm³/mol. The molecule has 0 spiro atoms. The maximum Gasteiger partial charge on any atom is 0.417 e. The number of carbonyl (C=O) groups is 1. The molecule has 10 nitrogen and oxygen atoms in total. The van der Waals surface area contributed by atoms with Crippen molar-refractivity contribution in [2.45, 2.75) is 44.5 Å². The predicted octanol–water partition coefficient (Wildman–Crippen LogP) is 1.23. The van der Waals surface area contributed by atoms with E-state index in [0.29, 0.717) is 51.6 Å². The molecule has 0 saturated carbocycles. The van der Waals surface area contributed by atoms with Gasteiger partial charge in [-0.05, 0) is 12.8 Å². The lowest BCUT2D eigenvalue weighted by Crippen LogP contribution is -2.48. The second-order valence-corrected chi connectivity index (χ2v) is 9.15. The molecule has 13 heteroatoms. The molecule has 0 radical (unpaired) electrons. The van der Waals surface area contributed by atoms with E-state index in [1.54, 1.807) is 5.01 Å². The van der Waals surface area contributed by atoms with Crippen molar-refractivity contribution in [3.05, 3.63) is 29.0 Å². The number of rotatable bonds is 4. The standard InChI is InChI=1S/C22H28F3N7O3/c23-22(24,25)17-11-32(13-29-19(17)26)31-6-2-18-16(10-31)20(28-12-27-18)35-15-1-5-30(9-15)21(33)14-3-7-34-8-4-14/h12-15H,1-11,26H2. The van der Waals surface area contributed by atoms with Crippen LogP contribution in [0.4, 0.5) is 13.2 Å². The third kappa shape index (κ3) is 5.06. The van der Waals surface area contributed by atoms with Crippen molar-refractivity contribution in [1.29, 1.82) is 0 Å². The van der Waals surface area contributed by atoms with E-state index in [1.165, 1.54) is 17.7 Å². The number of hydrogen-bond donors (Lipinski definition) is 1. The molecule has 0 aliphatic carbocycles. The Balaban J connectivity index is 1.24. The van der Waals surface area contributed by atoms with Crippen LogP contribution in [0.1, 0.15) is 30.5 Å². The molecule has 1 unspecified atom stereocenters. The number of hydrazine groups is 1. The third-order valence-corrected chi connectivity index (χ3v) is 6.91. The van der Waals surface area contributed by atoms with Crippen molar-refractivity contribution < 1.29 is 27.4 Å². The molecule has 0 bridgehead atoms. The summed E-state index contributed by atoms with van der Waals surface area (Å²) in [6.07, 6.45) is 0.701. The molecule has 5 heterocycles. The normalized spacial score (nSPS) is 24.1. The first-order valence-electron chi connectivity index (χ1n) is 11.8. The summed E-state index contributed by atoms with van der Waals surface area (Å²) in [6.45, 7) is 2.67. The van der Waals surface area contributed by atoms with Crippen LogP contribution in [0, 0.1) is 5.92 Å². The first-order valence-corrected chi connectivity index (χ1v) is 11.8. The first kappa shape index (κ1) is 23.8. The number of hydrogen-bond acceptors (Lipinski definition) is 9. The van der Waals surface area contributed by atoms with Gasteiger partial charge in [0.1, 0.15) is 24.6 Å². The Kier molecular flexibility index (Phi) is 6.53. The SMILES string of the molecule is NC1=C(C(F)(F)F)CN(N2CCc3ncnc(OC4CCN(C(=O)C5CCOCC5)C4)c3C2)C=N1. The summed E-state index contributed by atoms with van der Waals surface area (Å²) in [7, 11) is 0. The number of amides is 1. The largest absolute Gasteiger partial charge is 0.472 e. The number of fused-ring (bicyclic) bond motifs is 1. The van der Waals surface area contributed by atoms with Crippen LogP contribution in [-0.4, -0.2) is 88.8 Å². The van der Waals surface area contributed by atoms with Crippen LogP contribution in [-0.2, 0) is 22.5 Å². The van der Waals surface area contributed by atoms with Gasteiger partial charge in [0.2, 0.25) is 11.8 Å². The molecule has 2 saturated heterocycles. The minimum absolute atomic E-state index is 0.00116. The molecule has 1 aromatic heterocycles. The van der Waals surface area contributed by atoms with E-state index in [-0.39, 0.29) is 24.5 Å². The zero-order valence-electron chi connectivity index (χ0n) is 19.2. The highest BCUT2D eigenvalue weighted by Gasteiger charge is 2.40. The van der Waals surface area contributed by atoms with E-state index in [9.17, 15) is 18.0 Å². The zero-order chi connectivity index (χ0) is 24.6. The van der Waals surface area contributed by atoms with Gasteiger partial charge in [0.05, 0.1) is 36.5 Å². The average molecular weight is 496 g/mol. The summed E-state index contributed by atoms with van der Waals surface area (Å²) in [4.78, 5) is 27.1. The summed E-state index contributed by atoms with van der Waals surface area (Å²) < 4.78 is 51.6. The first-order chi connectivity index (χ1) is 16.8. The van der Waals surface area contributed by atoms with Gasteiger partial charge in [0, 0.05) is 45.1 Å². The summed E-state index contributed by atoms with van der Waals surface area (Å²) in [5, 5.41) is 3.18. The number of halogens is 3. The van der Waals surface area contributed by atoms with Gasteiger partial charge < -0.3 is 20.1 Å². The van der Waals surface area contributed by atoms with Gasteiger partial charge in [0.25, 0.3) is 0 Å². The Labute approximate surface area is 200 Å². The lowest BCUT2D eigenvalue weighted by molar-refractivity contribution is -0.137. The molecule has 5 rings (SSSR count). The van der Waals surface area contributed by atoms with E-state index < -0.39 is 24.1 Å². The zero-order valence-corrected chi connectivity index (χ0v) is 19.2. The van der Waals surface area contributed by atoms with Crippen molar-refractivity contribution in [1.82, 2.24) is 24.9 Å². The van der Waals surface area contributed by atoms with E-state index in [1.807, 2.05) is 4.90 Å². The number of aromatic nitrogens is 2. The topological polar surface area (TPSA) is 109 Å². The minimum atomic E-state index is -4.55. The van der Waals surface area contributed by atoms with Gasteiger partial charge in [0.15, 0.2) is 0 Å². The molecule has 2 fully saturated rings. The van der Waals surface area contributed by atoms with Crippen LogP contribution >= 0.6 is 0 Å². The Morgan fingerprint density at radius 3 is 2.71 bits per heavy atom. The fourth-order valence-electron chi connectivity index (χ4n) is 4.91. The van der Waals surface area contributed by atoms with Crippen molar-refractivity contribution >= 4 is 12.2 Å². The molecule has 0 aromatic carbocycles. The van der Waals surface area contributed by atoms with Crippen LogP contribution in [0.2, 0.25) is 0 Å². The maximum atomic E-state index is 13.3. The summed E-state index contributed by atoms with van der Waals surface area (Å²) in [5.74, 6) is 0.0379. The van der Waals surface area contributed by atoms with Crippen molar-refractivity contribution in [2.75, 3.05) is 39.4 Å². The van der Waals surface area contributed by atoms with Gasteiger partial charge in [-0.25, -0.2) is 20.0 Å². The lowest BCUT2D eigenvalue weighted by Gasteiger charge is -2.38. The van der Waals surface area contributed by atoms with Crippen LogP contribution in [0.25, 0.3) is 0 Å². The van der Waals surface area contributed by atoms with E-state index in [4.69, 9.17) is 15.2 Å². The second-order valence-electron chi connectivity index (χ2n) is 9.15. The summed E-state index contributed by atoms with van der Waals surface area (Å²) >= 11 is 0. The third-order valence-electron chi connectivity index (χ3n) is 6.91. The highest BCUT2D eigenvalue weighted by atomic mass is 19.4. The quantitative estimate of drug-likeness (QED) is 0.665. The highest BCUT2D eigenvalue weighted by molar-refractivity contribution is 5.79. The van der Waals surface area contributed by atoms with Crippen molar-refractivity contribution in [2.24, 2.45) is 16.6 Å². The molecule has 2 N–H and O–H groups in total. The average Bonchev–Trinajstić information content (AvgIpc) is 3.32. The van der Waals surface area contributed by atoms with Gasteiger partial charge in [-0.2, -0.15) is 13.2 Å². The molecule has 190 valence electrons. The molecule has 1 atom stereocenters. The van der Waals surface area contributed by atoms with E-state index in [0.717, 1.165) is 24.1 Å². The molecular weight excluding hydrogens is 467 g/mol. The number of alkyl halides is 3. The van der Waals surface area contributed by atoms with Crippen LogP contribution in [0.15, 0.2) is 22.7 Å². The highest BCUT2D eigenvalue weighted by Crippen LogP contribution is 2.32. The van der Waals surface area contributed by atoms with Gasteiger partial charge in [-0.1, -0.05) is 0 Å². The number of nitrogens with two attached hydrogens (primary N) is 1. The van der Waals surface area contributed by atoms with Crippen molar-refractivity contribution in [3.63, 3.8) is 0 Å². The van der Waals surface area contributed by atoms with Crippen LogP contribution in [0.3, 0.4) is 0 Å². The van der Waals surface area contributed by atoms with Crippen LogP contribution < -0.4 is 10.5 Å².